The molecule has 1 aliphatic rings. The summed E-state index contributed by atoms with van der Waals surface area (Å²) >= 11 is 0. The molecule has 0 aromatic heterocycles. The topological polar surface area (TPSA) is 21.3 Å². The Kier molecular flexibility index (Phi) is 4.07. The van der Waals surface area contributed by atoms with Crippen molar-refractivity contribution in [1.29, 1.82) is 0 Å². The molecule has 0 spiro atoms. The van der Waals surface area contributed by atoms with Gasteiger partial charge in [0.15, 0.2) is 0 Å². The summed E-state index contributed by atoms with van der Waals surface area (Å²) in [5.41, 5.74) is 4.80. The maximum Gasteiger partial charge on any atom is 0.125 e. The summed E-state index contributed by atoms with van der Waals surface area (Å²) in [6, 6.07) is 5.05. The lowest BCUT2D eigenvalue weighted by molar-refractivity contribution is 0.343. The van der Waals surface area contributed by atoms with Gasteiger partial charge in [-0.25, -0.2) is 0 Å². The highest BCUT2D eigenvalue weighted by molar-refractivity contribution is 5.43. The first-order chi connectivity index (χ1) is 8.56. The molecule has 1 saturated carbocycles. The summed E-state index contributed by atoms with van der Waals surface area (Å²) < 4.78 is 5.90. The number of benzene rings is 1. The van der Waals surface area contributed by atoms with Crippen molar-refractivity contribution in [3.63, 3.8) is 0 Å². The van der Waals surface area contributed by atoms with Crippen LogP contribution in [0.4, 0.5) is 0 Å². The predicted octanol–water partition coefficient (Wildman–Crippen LogP) is 3.30. The highest BCUT2D eigenvalue weighted by atomic mass is 16.5. The third kappa shape index (κ3) is 3.61. The van der Waals surface area contributed by atoms with Gasteiger partial charge in [-0.05, 0) is 50.3 Å². The van der Waals surface area contributed by atoms with Gasteiger partial charge in [0.1, 0.15) is 12.4 Å². The van der Waals surface area contributed by atoms with Crippen LogP contribution in [0.25, 0.3) is 0 Å². The standard InChI is InChI=1S/C16H23NO/c1-11-7-13(3)16(14(4)8-11)18-10-12(2)9-17-15-5-6-15/h7-8,15,17H,2,5-6,9-10H2,1,3-4H3. The molecule has 0 bridgehead atoms. The fourth-order valence-electron chi connectivity index (χ4n) is 2.20. The van der Waals surface area contributed by atoms with E-state index in [0.29, 0.717) is 6.61 Å². The van der Waals surface area contributed by atoms with Crippen LogP contribution in [-0.2, 0) is 0 Å². The van der Waals surface area contributed by atoms with Crippen LogP contribution in [0.15, 0.2) is 24.3 Å². The van der Waals surface area contributed by atoms with Gasteiger partial charge < -0.3 is 10.1 Å². The molecule has 0 amide bonds. The van der Waals surface area contributed by atoms with E-state index in [1.807, 2.05) is 0 Å². The Hall–Kier alpha value is -1.28. The molecule has 0 unspecified atom stereocenters. The number of hydrogen-bond donors (Lipinski definition) is 1. The Morgan fingerprint density at radius 3 is 2.44 bits per heavy atom. The summed E-state index contributed by atoms with van der Waals surface area (Å²) in [6.45, 7) is 11.8. The van der Waals surface area contributed by atoms with Crippen LogP contribution in [0.2, 0.25) is 0 Å². The number of ether oxygens (including phenoxy) is 1. The molecule has 0 radical (unpaired) electrons. The van der Waals surface area contributed by atoms with Crippen molar-refractivity contribution < 1.29 is 4.74 Å². The first-order valence-electron chi connectivity index (χ1n) is 6.67. The first-order valence-corrected chi connectivity index (χ1v) is 6.67. The number of hydrogen-bond acceptors (Lipinski definition) is 2. The van der Waals surface area contributed by atoms with Crippen molar-refractivity contribution in [3.8, 4) is 5.75 Å². The van der Waals surface area contributed by atoms with Crippen molar-refractivity contribution in [1.82, 2.24) is 5.32 Å². The predicted molar refractivity (Wildman–Crippen MR) is 76.3 cm³/mol. The van der Waals surface area contributed by atoms with Crippen molar-refractivity contribution in [2.24, 2.45) is 0 Å². The highest BCUT2D eigenvalue weighted by Crippen LogP contribution is 2.25. The van der Waals surface area contributed by atoms with Crippen LogP contribution < -0.4 is 10.1 Å². The first kappa shape index (κ1) is 13.2. The zero-order valence-corrected chi connectivity index (χ0v) is 11.7. The normalized spacial score (nSPS) is 14.6. The minimum absolute atomic E-state index is 0.602. The number of nitrogens with one attached hydrogen (secondary N) is 1. The molecule has 98 valence electrons. The molecular formula is C16H23NO. The second kappa shape index (κ2) is 5.57. The third-order valence-corrected chi connectivity index (χ3v) is 3.24. The van der Waals surface area contributed by atoms with E-state index in [2.05, 4.69) is 44.8 Å². The zero-order chi connectivity index (χ0) is 13.1. The van der Waals surface area contributed by atoms with E-state index >= 15 is 0 Å². The van der Waals surface area contributed by atoms with Gasteiger partial charge in [-0.3, -0.25) is 0 Å². The Balaban J connectivity index is 1.86. The van der Waals surface area contributed by atoms with Crippen LogP contribution in [0.3, 0.4) is 0 Å². The van der Waals surface area contributed by atoms with E-state index in [0.717, 1.165) is 23.9 Å². The van der Waals surface area contributed by atoms with Crippen molar-refractivity contribution in [2.45, 2.75) is 39.7 Å². The van der Waals surface area contributed by atoms with Gasteiger partial charge in [0, 0.05) is 12.6 Å². The summed E-state index contributed by atoms with van der Waals surface area (Å²) in [4.78, 5) is 0. The average Bonchev–Trinajstić information content (AvgIpc) is 3.08. The maximum absolute atomic E-state index is 5.90. The molecule has 0 saturated heterocycles. The van der Waals surface area contributed by atoms with Crippen molar-refractivity contribution in [3.05, 3.63) is 41.0 Å². The van der Waals surface area contributed by atoms with Crippen LogP contribution in [0.1, 0.15) is 29.5 Å². The Morgan fingerprint density at radius 2 is 1.89 bits per heavy atom. The fourth-order valence-corrected chi connectivity index (χ4v) is 2.20. The zero-order valence-electron chi connectivity index (χ0n) is 11.7. The lowest BCUT2D eigenvalue weighted by atomic mass is 10.1. The van der Waals surface area contributed by atoms with Gasteiger partial charge in [-0.1, -0.05) is 24.3 Å². The molecule has 1 N–H and O–H groups in total. The SMILES string of the molecule is C=C(CNC1CC1)COc1c(C)cc(C)cc1C. The van der Waals surface area contributed by atoms with Gasteiger partial charge >= 0.3 is 0 Å². The molecule has 18 heavy (non-hydrogen) atoms. The van der Waals surface area contributed by atoms with E-state index in [1.54, 1.807) is 0 Å². The molecule has 2 heteroatoms. The lowest BCUT2D eigenvalue weighted by Crippen LogP contribution is -2.21. The summed E-state index contributed by atoms with van der Waals surface area (Å²) in [6.07, 6.45) is 2.62. The maximum atomic E-state index is 5.90. The van der Waals surface area contributed by atoms with Gasteiger partial charge in [0.25, 0.3) is 0 Å². The second-order valence-corrected chi connectivity index (χ2v) is 5.42. The largest absolute Gasteiger partial charge is 0.489 e. The minimum atomic E-state index is 0.602. The molecule has 0 aliphatic heterocycles. The molecule has 0 heterocycles. The number of rotatable bonds is 6. The smallest absolute Gasteiger partial charge is 0.125 e. The van der Waals surface area contributed by atoms with E-state index < -0.39 is 0 Å². The van der Waals surface area contributed by atoms with Gasteiger partial charge in [-0.2, -0.15) is 0 Å². The van der Waals surface area contributed by atoms with E-state index in [9.17, 15) is 0 Å². The highest BCUT2D eigenvalue weighted by Gasteiger charge is 2.20. The lowest BCUT2D eigenvalue weighted by Gasteiger charge is -2.14. The van der Waals surface area contributed by atoms with Crippen molar-refractivity contribution in [2.75, 3.05) is 13.2 Å². The molecule has 0 atom stereocenters. The molecule has 1 aliphatic carbocycles. The molecule has 2 rings (SSSR count). The number of aryl methyl sites for hydroxylation is 3. The molecule has 1 fully saturated rings. The monoisotopic (exact) mass is 245 g/mol. The summed E-state index contributed by atoms with van der Waals surface area (Å²) in [5, 5.41) is 3.45. The average molecular weight is 245 g/mol. The van der Waals surface area contributed by atoms with Crippen molar-refractivity contribution >= 4 is 0 Å². The van der Waals surface area contributed by atoms with E-state index in [1.165, 1.54) is 29.5 Å². The minimum Gasteiger partial charge on any atom is -0.489 e. The van der Waals surface area contributed by atoms with E-state index in [-0.39, 0.29) is 0 Å². The van der Waals surface area contributed by atoms with Crippen LogP contribution in [0.5, 0.6) is 5.75 Å². The van der Waals surface area contributed by atoms with Crippen LogP contribution in [-0.4, -0.2) is 19.2 Å². The summed E-state index contributed by atoms with van der Waals surface area (Å²) in [5.74, 6) is 1.01. The Labute approximate surface area is 110 Å². The third-order valence-electron chi connectivity index (χ3n) is 3.24. The molecule has 1 aromatic rings. The summed E-state index contributed by atoms with van der Waals surface area (Å²) in [7, 11) is 0. The Morgan fingerprint density at radius 1 is 1.28 bits per heavy atom. The van der Waals surface area contributed by atoms with Crippen LogP contribution in [0, 0.1) is 20.8 Å². The fraction of sp³-hybridized carbons (Fsp3) is 0.500. The second-order valence-electron chi connectivity index (χ2n) is 5.42. The molecule has 1 aromatic carbocycles. The molecular weight excluding hydrogens is 222 g/mol. The van der Waals surface area contributed by atoms with Gasteiger partial charge in [-0.15, -0.1) is 0 Å². The Bertz CT molecular complexity index is 423. The quantitative estimate of drug-likeness (QED) is 0.776. The van der Waals surface area contributed by atoms with E-state index in [4.69, 9.17) is 4.74 Å². The van der Waals surface area contributed by atoms with Gasteiger partial charge in [0.05, 0.1) is 0 Å². The van der Waals surface area contributed by atoms with Gasteiger partial charge in [0.2, 0.25) is 0 Å². The molecule has 2 nitrogen and oxygen atoms in total. The van der Waals surface area contributed by atoms with Crippen LogP contribution >= 0.6 is 0 Å².